The van der Waals surface area contributed by atoms with E-state index in [0.29, 0.717) is 12.2 Å². The number of aliphatic hydroxyl groups excluding tert-OH is 1. The molecule has 0 saturated heterocycles. The Bertz CT molecular complexity index is 575. The summed E-state index contributed by atoms with van der Waals surface area (Å²) in [5.74, 6) is 0.274. The minimum Gasteiger partial charge on any atom is -0.508 e. The molecule has 0 aliphatic heterocycles. The molecule has 0 saturated carbocycles. The Hall–Kier alpha value is -1.43. The lowest BCUT2D eigenvalue weighted by Crippen LogP contribution is -2.32. The highest BCUT2D eigenvalue weighted by molar-refractivity contribution is 9.10. The van der Waals surface area contributed by atoms with E-state index in [-0.39, 0.29) is 11.8 Å². The average molecular weight is 351 g/mol. The number of nitrogens with zero attached hydrogens (tertiary/aromatic N) is 1. The first-order valence-corrected chi connectivity index (χ1v) is 7.65. The highest BCUT2D eigenvalue weighted by Crippen LogP contribution is 2.14. The van der Waals surface area contributed by atoms with Crippen LogP contribution >= 0.6 is 15.9 Å². The second kappa shape index (κ2) is 7.54. The van der Waals surface area contributed by atoms with Crippen LogP contribution in [-0.4, -0.2) is 27.8 Å². The first-order chi connectivity index (χ1) is 10.0. The number of benzene rings is 1. The van der Waals surface area contributed by atoms with E-state index in [9.17, 15) is 10.2 Å². The van der Waals surface area contributed by atoms with Crippen LogP contribution in [0.3, 0.4) is 0 Å². The maximum atomic E-state index is 10.1. The Morgan fingerprint density at radius 3 is 2.57 bits per heavy atom. The maximum absolute atomic E-state index is 10.1. The van der Waals surface area contributed by atoms with Crippen molar-refractivity contribution >= 4 is 15.9 Å². The highest BCUT2D eigenvalue weighted by Gasteiger charge is 2.11. The molecule has 5 heteroatoms. The second-order valence-electron chi connectivity index (χ2n) is 5.08. The number of aromatic hydroxyl groups is 1. The van der Waals surface area contributed by atoms with Gasteiger partial charge in [0.15, 0.2) is 0 Å². The van der Waals surface area contributed by atoms with Gasteiger partial charge in [0.2, 0.25) is 0 Å². The van der Waals surface area contributed by atoms with Crippen LogP contribution in [-0.2, 0) is 6.42 Å². The van der Waals surface area contributed by atoms with E-state index in [4.69, 9.17) is 0 Å². The average Bonchev–Trinajstić information content (AvgIpc) is 2.47. The fraction of sp³-hybridized carbons (Fsp3) is 0.312. The predicted octanol–water partition coefficient (Wildman–Crippen LogP) is 2.80. The van der Waals surface area contributed by atoms with E-state index >= 15 is 0 Å². The normalized spacial score (nSPS) is 13.9. The van der Waals surface area contributed by atoms with Gasteiger partial charge in [-0.3, -0.25) is 0 Å². The van der Waals surface area contributed by atoms with E-state index in [2.05, 4.69) is 33.2 Å². The van der Waals surface area contributed by atoms with Crippen molar-refractivity contribution in [1.29, 1.82) is 0 Å². The lowest BCUT2D eigenvalue weighted by Gasteiger charge is -2.17. The zero-order valence-corrected chi connectivity index (χ0v) is 13.4. The van der Waals surface area contributed by atoms with Gasteiger partial charge in [-0.15, -0.1) is 0 Å². The van der Waals surface area contributed by atoms with Crippen molar-refractivity contribution in [3.63, 3.8) is 0 Å². The highest BCUT2D eigenvalue weighted by atomic mass is 79.9. The first kappa shape index (κ1) is 15.9. The molecule has 0 amide bonds. The molecule has 0 bridgehead atoms. The van der Waals surface area contributed by atoms with E-state index in [1.54, 1.807) is 12.1 Å². The molecule has 1 unspecified atom stereocenters. The van der Waals surface area contributed by atoms with Crippen LogP contribution in [0.25, 0.3) is 0 Å². The molecule has 2 rings (SSSR count). The summed E-state index contributed by atoms with van der Waals surface area (Å²) in [6.45, 7) is 2.51. The molecule has 3 N–H and O–H groups in total. The number of halogens is 1. The molecule has 0 fully saturated rings. The van der Waals surface area contributed by atoms with Crippen LogP contribution in [0.15, 0.2) is 47.1 Å². The van der Waals surface area contributed by atoms with Gasteiger partial charge in [0.05, 0.1) is 5.69 Å². The van der Waals surface area contributed by atoms with Crippen LogP contribution < -0.4 is 5.32 Å². The third-order valence-electron chi connectivity index (χ3n) is 3.22. The Morgan fingerprint density at radius 1 is 1.19 bits per heavy atom. The molecule has 1 heterocycles. The van der Waals surface area contributed by atoms with Gasteiger partial charge < -0.3 is 15.5 Å². The zero-order valence-electron chi connectivity index (χ0n) is 11.8. The Kier molecular flexibility index (Phi) is 5.73. The lowest BCUT2D eigenvalue weighted by atomic mass is 10.1. The molecule has 2 atom stereocenters. The van der Waals surface area contributed by atoms with Crippen LogP contribution in [0.4, 0.5) is 0 Å². The number of nitrogens with one attached hydrogen (secondary N) is 1. The monoisotopic (exact) mass is 350 g/mol. The SMILES string of the molecule is C[C@H](Cc1ccc(O)cc1)NCC(O)c1cccc(Br)n1. The van der Waals surface area contributed by atoms with Crippen molar-refractivity contribution in [3.8, 4) is 5.75 Å². The lowest BCUT2D eigenvalue weighted by molar-refractivity contribution is 0.166. The van der Waals surface area contributed by atoms with Crippen LogP contribution in [0.5, 0.6) is 5.75 Å². The Morgan fingerprint density at radius 2 is 1.90 bits per heavy atom. The standard InChI is InChI=1S/C16H19BrN2O2/c1-11(9-12-5-7-13(20)8-6-12)18-10-15(21)14-3-2-4-16(17)19-14/h2-8,11,15,18,20-21H,9-10H2,1H3/t11-,15?/m1/s1. The molecule has 1 aromatic heterocycles. The fourth-order valence-electron chi connectivity index (χ4n) is 2.08. The van der Waals surface area contributed by atoms with Gasteiger partial charge in [0.1, 0.15) is 16.5 Å². The zero-order chi connectivity index (χ0) is 15.2. The maximum Gasteiger partial charge on any atom is 0.115 e. The summed E-state index contributed by atoms with van der Waals surface area (Å²) in [7, 11) is 0. The van der Waals surface area contributed by atoms with Gasteiger partial charge in [0, 0.05) is 12.6 Å². The van der Waals surface area contributed by atoms with Crippen molar-refractivity contribution in [1.82, 2.24) is 10.3 Å². The first-order valence-electron chi connectivity index (χ1n) is 6.86. The number of pyridine rings is 1. The summed E-state index contributed by atoms with van der Waals surface area (Å²) in [4.78, 5) is 4.24. The number of hydrogen-bond acceptors (Lipinski definition) is 4. The van der Waals surface area contributed by atoms with Crippen molar-refractivity contribution in [2.45, 2.75) is 25.5 Å². The number of hydrogen-bond donors (Lipinski definition) is 3. The van der Waals surface area contributed by atoms with Gasteiger partial charge >= 0.3 is 0 Å². The van der Waals surface area contributed by atoms with Gasteiger partial charge in [-0.25, -0.2) is 4.98 Å². The third kappa shape index (κ3) is 5.12. The molecule has 0 spiro atoms. The molecule has 0 radical (unpaired) electrons. The summed E-state index contributed by atoms with van der Waals surface area (Å²) in [5, 5.41) is 22.7. The summed E-state index contributed by atoms with van der Waals surface area (Å²) < 4.78 is 0.719. The van der Waals surface area contributed by atoms with Gasteiger partial charge in [-0.2, -0.15) is 0 Å². The quantitative estimate of drug-likeness (QED) is 0.701. The molecule has 0 aliphatic carbocycles. The fourth-order valence-corrected chi connectivity index (χ4v) is 2.44. The van der Waals surface area contributed by atoms with Crippen molar-refractivity contribution in [3.05, 3.63) is 58.3 Å². The van der Waals surface area contributed by atoms with Crippen LogP contribution in [0, 0.1) is 0 Å². The summed E-state index contributed by atoms with van der Waals surface area (Å²) >= 11 is 3.30. The van der Waals surface area contributed by atoms with Crippen LogP contribution in [0.1, 0.15) is 24.3 Å². The molecule has 112 valence electrons. The Labute approximate surface area is 133 Å². The smallest absolute Gasteiger partial charge is 0.115 e. The summed E-state index contributed by atoms with van der Waals surface area (Å²) in [6.07, 6.45) is 0.198. The largest absolute Gasteiger partial charge is 0.508 e. The second-order valence-corrected chi connectivity index (χ2v) is 5.89. The number of rotatable bonds is 6. The third-order valence-corrected chi connectivity index (χ3v) is 3.66. The van der Waals surface area contributed by atoms with Gasteiger partial charge in [-0.05, 0) is 59.1 Å². The number of phenolic OH excluding ortho intramolecular Hbond substituents is 1. The summed E-state index contributed by atoms with van der Waals surface area (Å²) in [5.41, 5.74) is 1.79. The molecule has 2 aromatic rings. The molecule has 0 aliphatic rings. The molecule has 1 aromatic carbocycles. The molecular formula is C16H19BrN2O2. The minimum atomic E-state index is -0.634. The summed E-state index contributed by atoms with van der Waals surface area (Å²) in [6, 6.07) is 12.9. The molecular weight excluding hydrogens is 332 g/mol. The van der Waals surface area contributed by atoms with Gasteiger partial charge in [-0.1, -0.05) is 18.2 Å². The Balaban J connectivity index is 1.83. The van der Waals surface area contributed by atoms with Crippen molar-refractivity contribution < 1.29 is 10.2 Å². The van der Waals surface area contributed by atoms with E-state index in [1.165, 1.54) is 0 Å². The molecule has 4 nitrogen and oxygen atoms in total. The van der Waals surface area contributed by atoms with Crippen molar-refractivity contribution in [2.24, 2.45) is 0 Å². The van der Waals surface area contributed by atoms with E-state index < -0.39 is 6.10 Å². The van der Waals surface area contributed by atoms with Crippen LogP contribution in [0.2, 0.25) is 0 Å². The number of aromatic nitrogens is 1. The topological polar surface area (TPSA) is 65.4 Å². The van der Waals surface area contributed by atoms with Crippen molar-refractivity contribution in [2.75, 3.05) is 6.54 Å². The minimum absolute atomic E-state index is 0.219. The predicted molar refractivity (Wildman–Crippen MR) is 86.2 cm³/mol. The van der Waals surface area contributed by atoms with E-state index in [1.807, 2.05) is 30.3 Å². The van der Waals surface area contributed by atoms with E-state index in [0.717, 1.165) is 16.6 Å². The number of aliphatic hydroxyl groups is 1. The van der Waals surface area contributed by atoms with Gasteiger partial charge in [0.25, 0.3) is 0 Å². The number of phenols is 1. The molecule has 21 heavy (non-hydrogen) atoms.